The highest BCUT2D eigenvalue weighted by Gasteiger charge is 2.29. The van der Waals surface area contributed by atoms with Gasteiger partial charge in [0.25, 0.3) is 15.9 Å². The minimum atomic E-state index is -3.49. The number of aryl methyl sites for hydroxylation is 1. The molecule has 3 heterocycles. The van der Waals surface area contributed by atoms with Crippen LogP contribution < -0.4 is 5.32 Å². The molecule has 2 aliphatic rings. The fourth-order valence-corrected chi connectivity index (χ4v) is 4.07. The number of rotatable bonds is 3. The van der Waals surface area contributed by atoms with Crippen molar-refractivity contribution in [3.8, 4) is 0 Å². The Morgan fingerprint density at radius 2 is 2.32 bits per heavy atom. The molecule has 1 aromatic rings. The van der Waals surface area contributed by atoms with Crippen LogP contribution in [0.15, 0.2) is 39.8 Å². The lowest BCUT2D eigenvalue weighted by Gasteiger charge is -2.28. The molecule has 3 rings (SSSR count). The van der Waals surface area contributed by atoms with Crippen LogP contribution in [-0.2, 0) is 21.4 Å². The Labute approximate surface area is 132 Å². The van der Waals surface area contributed by atoms with Crippen molar-refractivity contribution < 1.29 is 13.2 Å². The summed E-state index contributed by atoms with van der Waals surface area (Å²) < 4.78 is 27.1. The molecule has 22 heavy (non-hydrogen) atoms. The van der Waals surface area contributed by atoms with Crippen molar-refractivity contribution >= 4 is 33.1 Å². The molecule has 0 aromatic carbocycles. The third-order valence-electron chi connectivity index (χ3n) is 3.48. The van der Waals surface area contributed by atoms with E-state index in [1.54, 1.807) is 34.6 Å². The smallest absolute Gasteiger partial charge is 0.256 e. The van der Waals surface area contributed by atoms with Gasteiger partial charge in [0, 0.05) is 17.6 Å². The van der Waals surface area contributed by atoms with E-state index in [4.69, 9.17) is 0 Å². The third-order valence-corrected chi connectivity index (χ3v) is 5.65. The number of sulfonamides is 1. The Morgan fingerprint density at radius 3 is 3.05 bits per heavy atom. The molecule has 1 amide bonds. The second-order valence-electron chi connectivity index (χ2n) is 5.03. The van der Waals surface area contributed by atoms with E-state index in [9.17, 15) is 13.2 Å². The Kier molecular flexibility index (Phi) is 3.88. The van der Waals surface area contributed by atoms with Gasteiger partial charge in [-0.25, -0.2) is 8.42 Å². The number of nitrogens with one attached hydrogen (secondary N) is 1. The highest BCUT2D eigenvalue weighted by Crippen LogP contribution is 2.19. The summed E-state index contributed by atoms with van der Waals surface area (Å²) in [5, 5.41) is 4.79. The molecule has 2 aliphatic heterocycles. The first-order valence-corrected chi connectivity index (χ1v) is 9.24. The zero-order chi connectivity index (χ0) is 15.7. The molecule has 0 aliphatic carbocycles. The van der Waals surface area contributed by atoms with Crippen LogP contribution in [0.4, 0.5) is 0 Å². The lowest BCUT2D eigenvalue weighted by atomic mass is 10.1. The van der Waals surface area contributed by atoms with E-state index in [1.165, 1.54) is 0 Å². The molecule has 8 heteroatoms. The lowest BCUT2D eigenvalue weighted by molar-refractivity contribution is -0.117. The van der Waals surface area contributed by atoms with Crippen LogP contribution in [0.3, 0.4) is 0 Å². The summed E-state index contributed by atoms with van der Waals surface area (Å²) in [7, 11) is -3.49. The monoisotopic (exact) mass is 337 g/mol. The van der Waals surface area contributed by atoms with Gasteiger partial charge in [-0.1, -0.05) is 0 Å². The topological polar surface area (TPSA) is 78.8 Å². The van der Waals surface area contributed by atoms with Gasteiger partial charge in [0.2, 0.25) is 0 Å². The van der Waals surface area contributed by atoms with Crippen molar-refractivity contribution in [2.45, 2.75) is 13.5 Å². The highest BCUT2D eigenvalue weighted by atomic mass is 32.2. The number of hydrogen-bond acceptors (Lipinski definition) is 5. The molecule has 0 bridgehead atoms. The van der Waals surface area contributed by atoms with Gasteiger partial charge in [0.05, 0.1) is 17.9 Å². The molecule has 0 atom stereocenters. The van der Waals surface area contributed by atoms with E-state index >= 15 is 0 Å². The fraction of sp³-hybridized carbons (Fsp3) is 0.286. The number of thiophene rings is 1. The highest BCUT2D eigenvalue weighted by molar-refractivity contribution is 7.90. The van der Waals surface area contributed by atoms with Crippen LogP contribution in [0.25, 0.3) is 0 Å². The van der Waals surface area contributed by atoms with Crippen molar-refractivity contribution in [3.63, 3.8) is 0 Å². The lowest BCUT2D eigenvalue weighted by Crippen LogP contribution is -2.42. The molecule has 116 valence electrons. The minimum absolute atomic E-state index is 0.0376. The van der Waals surface area contributed by atoms with Crippen LogP contribution in [0, 0.1) is 6.92 Å². The second-order valence-corrected chi connectivity index (χ2v) is 7.78. The van der Waals surface area contributed by atoms with Gasteiger partial charge in [0.15, 0.2) is 5.84 Å². The number of carbonyl (C=O) groups excluding carboxylic acids is 1. The van der Waals surface area contributed by atoms with Crippen molar-refractivity contribution in [2.24, 2.45) is 4.40 Å². The molecular weight excluding hydrogens is 322 g/mol. The van der Waals surface area contributed by atoms with E-state index in [2.05, 4.69) is 9.71 Å². The summed E-state index contributed by atoms with van der Waals surface area (Å²) in [6.07, 6.45) is 5.04. The van der Waals surface area contributed by atoms with Gasteiger partial charge in [-0.2, -0.15) is 0 Å². The number of amides is 1. The molecule has 0 radical (unpaired) electrons. The molecule has 0 unspecified atom stereocenters. The first kappa shape index (κ1) is 15.0. The maximum absolute atomic E-state index is 12.4. The largest absolute Gasteiger partial charge is 0.347 e. The SMILES string of the molecule is Cc1ccsc1CNC(=O)C1=CC=CN2CCS(=O)(=O)N=C12. The molecule has 1 N–H and O–H groups in total. The normalized spacial score (nSPS) is 19.2. The number of allylic oxidation sites excluding steroid dienone is 2. The predicted octanol–water partition coefficient (Wildman–Crippen LogP) is 1.17. The van der Waals surface area contributed by atoms with Crippen molar-refractivity contribution in [1.82, 2.24) is 10.2 Å². The minimum Gasteiger partial charge on any atom is -0.347 e. The number of hydrogen-bond donors (Lipinski definition) is 1. The number of amidine groups is 1. The van der Waals surface area contributed by atoms with Crippen molar-refractivity contribution in [2.75, 3.05) is 12.3 Å². The summed E-state index contributed by atoms with van der Waals surface area (Å²) in [4.78, 5) is 15.1. The zero-order valence-electron chi connectivity index (χ0n) is 11.9. The summed E-state index contributed by atoms with van der Waals surface area (Å²) in [5.41, 5.74) is 1.40. The number of fused-ring (bicyclic) bond motifs is 1. The van der Waals surface area contributed by atoms with Crippen LogP contribution in [0.2, 0.25) is 0 Å². The summed E-state index contributed by atoms with van der Waals surface area (Å²) in [6, 6.07) is 1.99. The van der Waals surface area contributed by atoms with Gasteiger partial charge in [-0.3, -0.25) is 4.79 Å². The molecule has 6 nitrogen and oxygen atoms in total. The van der Waals surface area contributed by atoms with Gasteiger partial charge < -0.3 is 10.2 Å². The summed E-state index contributed by atoms with van der Waals surface area (Å²) in [6.45, 7) is 2.72. The second kappa shape index (κ2) is 5.69. The van der Waals surface area contributed by atoms with E-state index < -0.39 is 10.0 Å². The van der Waals surface area contributed by atoms with Crippen LogP contribution in [0.1, 0.15) is 10.4 Å². The maximum atomic E-state index is 12.4. The molecule has 0 spiro atoms. The predicted molar refractivity (Wildman–Crippen MR) is 86.1 cm³/mol. The van der Waals surface area contributed by atoms with Gasteiger partial charge >= 0.3 is 0 Å². The average molecular weight is 337 g/mol. The molecule has 1 aromatic heterocycles. The number of carbonyl (C=O) groups is 1. The quantitative estimate of drug-likeness (QED) is 0.898. The van der Waals surface area contributed by atoms with Crippen LogP contribution >= 0.6 is 11.3 Å². The van der Waals surface area contributed by atoms with E-state index in [-0.39, 0.29) is 23.1 Å². The van der Waals surface area contributed by atoms with Crippen molar-refractivity contribution in [3.05, 3.63) is 45.8 Å². The standard InChI is InChI=1S/C14H15N3O3S2/c1-10-4-7-21-12(10)9-15-14(18)11-3-2-5-17-6-8-22(19,20)16-13(11)17/h2-5,7H,6,8-9H2,1H3,(H,15,18). The summed E-state index contributed by atoms with van der Waals surface area (Å²) in [5.74, 6) is -0.156. The van der Waals surface area contributed by atoms with E-state index in [1.807, 2.05) is 18.4 Å². The van der Waals surface area contributed by atoms with Gasteiger partial charge in [-0.05, 0) is 36.1 Å². The Bertz CT molecular complexity index is 803. The summed E-state index contributed by atoms with van der Waals surface area (Å²) >= 11 is 1.58. The fourth-order valence-electron chi connectivity index (χ4n) is 2.23. The zero-order valence-corrected chi connectivity index (χ0v) is 13.6. The van der Waals surface area contributed by atoms with Gasteiger partial charge in [0.1, 0.15) is 0 Å². The first-order valence-electron chi connectivity index (χ1n) is 6.75. The third kappa shape index (κ3) is 2.97. The Hall–Kier alpha value is -1.93. The Balaban J connectivity index is 1.79. The molecule has 0 saturated carbocycles. The van der Waals surface area contributed by atoms with Crippen LogP contribution in [-0.4, -0.2) is 37.4 Å². The molecule has 0 fully saturated rings. The Morgan fingerprint density at radius 1 is 1.50 bits per heavy atom. The van der Waals surface area contributed by atoms with Crippen LogP contribution in [0.5, 0.6) is 0 Å². The van der Waals surface area contributed by atoms with E-state index in [0.29, 0.717) is 13.1 Å². The first-order chi connectivity index (χ1) is 10.5. The molecule has 0 saturated heterocycles. The molecular formula is C14H15N3O3S2. The van der Waals surface area contributed by atoms with E-state index in [0.717, 1.165) is 10.4 Å². The maximum Gasteiger partial charge on any atom is 0.256 e. The van der Waals surface area contributed by atoms with Crippen molar-refractivity contribution in [1.29, 1.82) is 0 Å². The van der Waals surface area contributed by atoms with Gasteiger partial charge in [-0.15, -0.1) is 15.7 Å². The average Bonchev–Trinajstić information content (AvgIpc) is 2.88. The number of nitrogens with zero attached hydrogens (tertiary/aromatic N) is 2.